The van der Waals surface area contributed by atoms with Crippen LogP contribution in [0, 0.1) is 0 Å². The first-order valence-electron chi connectivity index (χ1n) is 5.28. The Morgan fingerprint density at radius 1 is 1.53 bits per heavy atom. The lowest BCUT2D eigenvalue weighted by atomic mass is 10.1. The third-order valence-electron chi connectivity index (χ3n) is 2.82. The average molecular weight is 226 g/mol. The minimum atomic E-state index is 0.473. The van der Waals surface area contributed by atoms with Crippen molar-refractivity contribution in [3.63, 3.8) is 0 Å². The fourth-order valence-corrected chi connectivity index (χ4v) is 2.19. The van der Waals surface area contributed by atoms with E-state index in [0.717, 1.165) is 23.8 Å². The lowest BCUT2D eigenvalue weighted by Crippen LogP contribution is -2.54. The number of rotatable bonds is 1. The summed E-state index contributed by atoms with van der Waals surface area (Å²) in [5.41, 5.74) is 1.09. The van der Waals surface area contributed by atoms with Crippen LogP contribution in [0.15, 0.2) is 18.5 Å². The summed E-state index contributed by atoms with van der Waals surface area (Å²) in [5, 5.41) is 4.19. The van der Waals surface area contributed by atoms with E-state index in [4.69, 9.17) is 11.6 Å². The van der Waals surface area contributed by atoms with Crippen LogP contribution in [0.4, 0.5) is 5.69 Å². The zero-order valence-electron chi connectivity index (χ0n) is 9.07. The van der Waals surface area contributed by atoms with E-state index in [-0.39, 0.29) is 0 Å². The van der Waals surface area contributed by atoms with Crippen molar-refractivity contribution in [2.24, 2.45) is 0 Å². The van der Waals surface area contributed by atoms with Gasteiger partial charge in [-0.25, -0.2) is 0 Å². The molecule has 0 aliphatic carbocycles. The summed E-state index contributed by atoms with van der Waals surface area (Å²) in [6.07, 6.45) is 3.50. The van der Waals surface area contributed by atoms with Crippen LogP contribution in [-0.4, -0.2) is 30.2 Å². The van der Waals surface area contributed by atoms with Crippen molar-refractivity contribution < 1.29 is 0 Å². The smallest absolute Gasteiger partial charge is 0.0822 e. The summed E-state index contributed by atoms with van der Waals surface area (Å²) in [7, 11) is 0. The number of halogens is 1. The van der Waals surface area contributed by atoms with Gasteiger partial charge in [0.15, 0.2) is 0 Å². The van der Waals surface area contributed by atoms with Crippen LogP contribution in [0.3, 0.4) is 0 Å². The molecular weight excluding hydrogens is 210 g/mol. The van der Waals surface area contributed by atoms with Crippen molar-refractivity contribution >= 4 is 17.3 Å². The van der Waals surface area contributed by atoms with E-state index in [2.05, 4.69) is 29.0 Å². The van der Waals surface area contributed by atoms with Crippen LogP contribution < -0.4 is 10.2 Å². The van der Waals surface area contributed by atoms with Gasteiger partial charge in [-0.3, -0.25) is 4.98 Å². The summed E-state index contributed by atoms with van der Waals surface area (Å²) in [6, 6.07) is 2.96. The first-order chi connectivity index (χ1) is 7.18. The van der Waals surface area contributed by atoms with E-state index in [9.17, 15) is 0 Å². The summed E-state index contributed by atoms with van der Waals surface area (Å²) in [4.78, 5) is 6.35. The van der Waals surface area contributed by atoms with Crippen molar-refractivity contribution in [2.75, 3.05) is 18.0 Å². The fourth-order valence-electron chi connectivity index (χ4n) is 1.96. The van der Waals surface area contributed by atoms with Gasteiger partial charge in [-0.1, -0.05) is 11.6 Å². The second-order valence-electron chi connectivity index (χ2n) is 4.14. The number of nitrogens with zero attached hydrogens (tertiary/aromatic N) is 2. The molecule has 1 fully saturated rings. The third kappa shape index (κ3) is 2.24. The zero-order valence-corrected chi connectivity index (χ0v) is 9.83. The minimum Gasteiger partial charge on any atom is -0.365 e. The number of piperazine rings is 1. The molecule has 0 bridgehead atoms. The Labute approximate surface area is 95.4 Å². The Kier molecular flexibility index (Phi) is 3.12. The molecule has 1 aliphatic heterocycles. The molecule has 0 saturated carbocycles. The van der Waals surface area contributed by atoms with Gasteiger partial charge >= 0.3 is 0 Å². The second kappa shape index (κ2) is 4.37. The quantitative estimate of drug-likeness (QED) is 0.792. The zero-order chi connectivity index (χ0) is 10.8. The molecule has 0 radical (unpaired) electrons. The maximum Gasteiger partial charge on any atom is 0.0822 e. The van der Waals surface area contributed by atoms with Gasteiger partial charge in [0.05, 0.1) is 10.7 Å². The molecule has 1 aromatic heterocycles. The Hall–Kier alpha value is -0.800. The van der Waals surface area contributed by atoms with Gasteiger partial charge in [0, 0.05) is 37.6 Å². The maximum absolute atomic E-state index is 6.15. The highest BCUT2D eigenvalue weighted by Crippen LogP contribution is 2.27. The monoisotopic (exact) mass is 225 g/mol. The molecule has 82 valence electrons. The van der Waals surface area contributed by atoms with Gasteiger partial charge in [-0.2, -0.15) is 0 Å². The molecule has 1 saturated heterocycles. The van der Waals surface area contributed by atoms with E-state index in [1.165, 1.54) is 0 Å². The molecule has 2 atom stereocenters. The van der Waals surface area contributed by atoms with Crippen molar-refractivity contribution in [2.45, 2.75) is 25.9 Å². The number of hydrogen-bond donors (Lipinski definition) is 1. The molecule has 2 rings (SSSR count). The largest absolute Gasteiger partial charge is 0.365 e. The predicted molar refractivity (Wildman–Crippen MR) is 63.5 cm³/mol. The summed E-state index contributed by atoms with van der Waals surface area (Å²) < 4.78 is 0. The van der Waals surface area contributed by atoms with Crippen molar-refractivity contribution in [1.82, 2.24) is 10.3 Å². The van der Waals surface area contributed by atoms with E-state index in [0.29, 0.717) is 12.1 Å². The van der Waals surface area contributed by atoms with Gasteiger partial charge < -0.3 is 10.2 Å². The lowest BCUT2D eigenvalue weighted by molar-refractivity contribution is 0.425. The van der Waals surface area contributed by atoms with Crippen molar-refractivity contribution in [3.8, 4) is 0 Å². The number of pyridine rings is 1. The van der Waals surface area contributed by atoms with Crippen molar-refractivity contribution in [1.29, 1.82) is 0 Å². The van der Waals surface area contributed by atoms with Gasteiger partial charge in [0.1, 0.15) is 0 Å². The number of anilines is 1. The normalized spacial score (nSPS) is 26.7. The number of aromatic nitrogens is 1. The van der Waals surface area contributed by atoms with Crippen LogP contribution in [0.1, 0.15) is 13.8 Å². The van der Waals surface area contributed by atoms with Gasteiger partial charge in [-0.05, 0) is 19.9 Å². The molecule has 4 heteroatoms. The van der Waals surface area contributed by atoms with Crippen LogP contribution >= 0.6 is 11.6 Å². The molecular formula is C11H16ClN3. The Morgan fingerprint density at radius 2 is 2.33 bits per heavy atom. The van der Waals surface area contributed by atoms with Crippen LogP contribution in [0.2, 0.25) is 5.02 Å². The summed E-state index contributed by atoms with van der Waals surface area (Å²) in [5.74, 6) is 0. The molecule has 2 heterocycles. The molecule has 2 unspecified atom stereocenters. The molecule has 0 aromatic carbocycles. The highest BCUT2D eigenvalue weighted by Gasteiger charge is 2.23. The van der Waals surface area contributed by atoms with E-state index < -0.39 is 0 Å². The molecule has 15 heavy (non-hydrogen) atoms. The van der Waals surface area contributed by atoms with Crippen LogP contribution in [0.25, 0.3) is 0 Å². The molecule has 3 nitrogen and oxygen atoms in total. The average Bonchev–Trinajstić information content (AvgIpc) is 2.23. The number of hydrogen-bond acceptors (Lipinski definition) is 3. The summed E-state index contributed by atoms with van der Waals surface area (Å²) in [6.45, 7) is 6.38. The fraction of sp³-hybridized carbons (Fsp3) is 0.545. The highest BCUT2D eigenvalue weighted by atomic mass is 35.5. The van der Waals surface area contributed by atoms with Crippen LogP contribution in [-0.2, 0) is 0 Å². The van der Waals surface area contributed by atoms with E-state index >= 15 is 0 Å². The van der Waals surface area contributed by atoms with E-state index in [1.54, 1.807) is 12.4 Å². The standard InChI is InChI=1S/C11H16ClN3/c1-8-7-15(9(2)5-14-8)11-3-4-13-6-10(11)12/h3-4,6,8-9,14H,5,7H2,1-2H3. The van der Waals surface area contributed by atoms with Gasteiger partial charge in [0.2, 0.25) is 0 Å². The lowest BCUT2D eigenvalue weighted by Gasteiger charge is -2.39. The topological polar surface area (TPSA) is 28.2 Å². The first kappa shape index (κ1) is 10.7. The summed E-state index contributed by atoms with van der Waals surface area (Å²) >= 11 is 6.15. The Morgan fingerprint density at radius 3 is 3.07 bits per heavy atom. The number of nitrogens with one attached hydrogen (secondary N) is 1. The molecule has 1 aromatic rings. The van der Waals surface area contributed by atoms with Gasteiger partial charge in [-0.15, -0.1) is 0 Å². The second-order valence-corrected chi connectivity index (χ2v) is 4.54. The first-order valence-corrected chi connectivity index (χ1v) is 5.66. The molecule has 0 amide bonds. The van der Waals surface area contributed by atoms with Crippen LogP contribution in [0.5, 0.6) is 0 Å². The SMILES string of the molecule is CC1CN(c2ccncc2Cl)C(C)CN1. The Bertz CT molecular complexity index is 342. The highest BCUT2D eigenvalue weighted by molar-refractivity contribution is 6.33. The minimum absolute atomic E-state index is 0.473. The van der Waals surface area contributed by atoms with E-state index in [1.807, 2.05) is 6.07 Å². The molecule has 1 N–H and O–H groups in total. The molecule has 0 spiro atoms. The Balaban J connectivity index is 2.25. The van der Waals surface area contributed by atoms with Crippen molar-refractivity contribution in [3.05, 3.63) is 23.5 Å². The maximum atomic E-state index is 6.15. The predicted octanol–water partition coefficient (Wildman–Crippen LogP) is 1.92. The third-order valence-corrected chi connectivity index (χ3v) is 3.12. The van der Waals surface area contributed by atoms with Gasteiger partial charge in [0.25, 0.3) is 0 Å². The molecule has 1 aliphatic rings.